The number of hydrogen-bond acceptors (Lipinski definition) is 3. The fourth-order valence-electron chi connectivity index (χ4n) is 0.912. The van der Waals surface area contributed by atoms with E-state index in [2.05, 4.69) is 11.4 Å². The van der Waals surface area contributed by atoms with Gasteiger partial charge in [0, 0.05) is 17.7 Å². The van der Waals surface area contributed by atoms with E-state index in [1.54, 1.807) is 11.3 Å². The van der Waals surface area contributed by atoms with E-state index in [9.17, 15) is 0 Å². The van der Waals surface area contributed by atoms with Gasteiger partial charge in [0.25, 0.3) is 0 Å². The zero-order chi connectivity index (χ0) is 9.52. The van der Waals surface area contributed by atoms with Crippen molar-refractivity contribution >= 4 is 17.2 Å². The number of hydrogen-bond donors (Lipinski definition) is 2. The van der Waals surface area contributed by atoms with Crippen LogP contribution in [0.15, 0.2) is 17.5 Å². The van der Waals surface area contributed by atoms with Crippen LogP contribution < -0.4 is 5.73 Å². The molecule has 0 radical (unpaired) electrons. The summed E-state index contributed by atoms with van der Waals surface area (Å²) < 4.78 is 5.30. The Bertz CT molecular complexity index is 246. The molecule has 3 nitrogen and oxygen atoms in total. The zero-order valence-corrected chi connectivity index (χ0v) is 8.27. The minimum absolute atomic E-state index is 0.191. The SMILES string of the molecule is N=C(N)CCOCCc1cccs1. The maximum atomic E-state index is 6.97. The Hall–Kier alpha value is -0.870. The normalized spacial score (nSPS) is 10.2. The topological polar surface area (TPSA) is 59.1 Å². The Morgan fingerprint density at radius 1 is 1.54 bits per heavy atom. The van der Waals surface area contributed by atoms with Gasteiger partial charge in [-0.1, -0.05) is 6.07 Å². The van der Waals surface area contributed by atoms with E-state index in [0.29, 0.717) is 19.6 Å². The first-order valence-electron chi connectivity index (χ1n) is 4.22. The standard InChI is InChI=1S/C9H14N2OS/c10-9(11)4-6-12-5-3-8-2-1-7-13-8/h1-2,7H,3-6H2,(H3,10,11). The molecule has 4 heteroatoms. The second kappa shape index (κ2) is 5.72. The van der Waals surface area contributed by atoms with E-state index in [1.807, 2.05) is 6.07 Å². The van der Waals surface area contributed by atoms with Gasteiger partial charge in [-0.3, -0.25) is 5.41 Å². The van der Waals surface area contributed by atoms with Crippen LogP contribution in [0.25, 0.3) is 0 Å². The van der Waals surface area contributed by atoms with Gasteiger partial charge in [0.05, 0.1) is 19.0 Å². The molecule has 1 aromatic heterocycles. The average molecular weight is 198 g/mol. The van der Waals surface area contributed by atoms with Crippen molar-refractivity contribution in [3.63, 3.8) is 0 Å². The molecule has 0 aliphatic heterocycles. The molecule has 0 amide bonds. The molecule has 0 saturated heterocycles. The Balaban J connectivity index is 1.99. The second-order valence-electron chi connectivity index (χ2n) is 2.72. The summed E-state index contributed by atoms with van der Waals surface area (Å²) in [7, 11) is 0. The van der Waals surface area contributed by atoms with E-state index in [0.717, 1.165) is 6.42 Å². The van der Waals surface area contributed by atoms with Crippen molar-refractivity contribution in [1.29, 1.82) is 5.41 Å². The van der Waals surface area contributed by atoms with Crippen molar-refractivity contribution in [2.45, 2.75) is 12.8 Å². The highest BCUT2D eigenvalue weighted by Crippen LogP contribution is 2.08. The van der Waals surface area contributed by atoms with Gasteiger partial charge in [0.1, 0.15) is 0 Å². The average Bonchev–Trinajstić information content (AvgIpc) is 2.55. The summed E-state index contributed by atoms with van der Waals surface area (Å²) >= 11 is 1.74. The summed E-state index contributed by atoms with van der Waals surface area (Å²) in [4.78, 5) is 1.34. The highest BCUT2D eigenvalue weighted by molar-refractivity contribution is 7.09. The highest BCUT2D eigenvalue weighted by atomic mass is 32.1. The predicted molar refractivity (Wildman–Crippen MR) is 55.4 cm³/mol. The van der Waals surface area contributed by atoms with Crippen molar-refractivity contribution in [3.8, 4) is 0 Å². The van der Waals surface area contributed by atoms with Crippen molar-refractivity contribution in [2.24, 2.45) is 5.73 Å². The summed E-state index contributed by atoms with van der Waals surface area (Å²) in [6, 6.07) is 4.13. The molecule has 13 heavy (non-hydrogen) atoms. The molecule has 0 aliphatic rings. The lowest BCUT2D eigenvalue weighted by molar-refractivity contribution is 0.144. The van der Waals surface area contributed by atoms with Gasteiger partial charge in [-0.15, -0.1) is 11.3 Å². The molecule has 0 aromatic carbocycles. The molecule has 3 N–H and O–H groups in total. The number of thiophene rings is 1. The number of amidine groups is 1. The third kappa shape index (κ3) is 4.65. The Kier molecular flexibility index (Phi) is 4.49. The van der Waals surface area contributed by atoms with E-state index in [1.165, 1.54) is 4.88 Å². The number of ether oxygens (including phenoxy) is 1. The van der Waals surface area contributed by atoms with Crippen molar-refractivity contribution in [2.75, 3.05) is 13.2 Å². The van der Waals surface area contributed by atoms with Crippen LogP contribution in [0.2, 0.25) is 0 Å². The van der Waals surface area contributed by atoms with Gasteiger partial charge >= 0.3 is 0 Å². The minimum Gasteiger partial charge on any atom is -0.388 e. The monoisotopic (exact) mass is 198 g/mol. The lowest BCUT2D eigenvalue weighted by atomic mass is 10.3. The van der Waals surface area contributed by atoms with Crippen molar-refractivity contribution < 1.29 is 4.74 Å². The number of rotatable bonds is 6. The maximum Gasteiger partial charge on any atom is 0.0928 e. The van der Waals surface area contributed by atoms with Gasteiger partial charge < -0.3 is 10.5 Å². The molecular formula is C9H14N2OS. The molecule has 1 heterocycles. The summed E-state index contributed by atoms with van der Waals surface area (Å²) in [5, 5.41) is 9.03. The van der Waals surface area contributed by atoms with Gasteiger partial charge in [-0.2, -0.15) is 0 Å². The second-order valence-corrected chi connectivity index (χ2v) is 3.75. The Morgan fingerprint density at radius 2 is 2.38 bits per heavy atom. The van der Waals surface area contributed by atoms with Gasteiger partial charge in [-0.25, -0.2) is 0 Å². The molecule has 1 aromatic rings. The molecule has 1 rings (SSSR count). The highest BCUT2D eigenvalue weighted by Gasteiger charge is 1.94. The fourth-order valence-corrected chi connectivity index (χ4v) is 1.60. The summed E-state index contributed by atoms with van der Waals surface area (Å²) in [5.41, 5.74) is 5.17. The van der Waals surface area contributed by atoms with Crippen LogP contribution in [-0.2, 0) is 11.2 Å². The van der Waals surface area contributed by atoms with Crippen LogP contribution in [0.5, 0.6) is 0 Å². The lowest BCUT2D eigenvalue weighted by Gasteiger charge is -2.01. The number of nitrogens with two attached hydrogens (primary N) is 1. The molecule has 0 saturated carbocycles. The maximum absolute atomic E-state index is 6.97. The third-order valence-electron chi connectivity index (χ3n) is 1.59. The molecule has 0 bridgehead atoms. The van der Waals surface area contributed by atoms with Crippen LogP contribution in [0.1, 0.15) is 11.3 Å². The molecule has 72 valence electrons. The van der Waals surface area contributed by atoms with E-state index in [-0.39, 0.29) is 5.84 Å². The van der Waals surface area contributed by atoms with Crippen LogP contribution in [0, 0.1) is 5.41 Å². The number of nitrogens with one attached hydrogen (secondary N) is 1. The van der Waals surface area contributed by atoms with Gasteiger partial charge in [0.2, 0.25) is 0 Å². The van der Waals surface area contributed by atoms with E-state index < -0.39 is 0 Å². The van der Waals surface area contributed by atoms with Crippen molar-refractivity contribution in [3.05, 3.63) is 22.4 Å². The fraction of sp³-hybridized carbons (Fsp3) is 0.444. The van der Waals surface area contributed by atoms with Crippen LogP contribution in [-0.4, -0.2) is 19.0 Å². The Morgan fingerprint density at radius 3 is 3.00 bits per heavy atom. The third-order valence-corrected chi connectivity index (χ3v) is 2.52. The van der Waals surface area contributed by atoms with Crippen molar-refractivity contribution in [1.82, 2.24) is 0 Å². The van der Waals surface area contributed by atoms with Crippen LogP contribution in [0.3, 0.4) is 0 Å². The Labute approximate surface area is 82.0 Å². The van der Waals surface area contributed by atoms with Gasteiger partial charge in [-0.05, 0) is 11.4 Å². The minimum atomic E-state index is 0.191. The molecule has 0 unspecified atom stereocenters. The van der Waals surface area contributed by atoms with E-state index >= 15 is 0 Å². The molecule has 0 spiro atoms. The largest absolute Gasteiger partial charge is 0.388 e. The summed E-state index contributed by atoms with van der Waals surface area (Å²) in [5.74, 6) is 0.191. The van der Waals surface area contributed by atoms with Crippen LogP contribution >= 0.6 is 11.3 Å². The van der Waals surface area contributed by atoms with E-state index in [4.69, 9.17) is 15.9 Å². The first kappa shape index (κ1) is 10.2. The molecule has 0 atom stereocenters. The first-order chi connectivity index (χ1) is 6.29. The van der Waals surface area contributed by atoms with Crippen LogP contribution in [0.4, 0.5) is 0 Å². The lowest BCUT2D eigenvalue weighted by Crippen LogP contribution is -2.13. The molecule has 0 fully saturated rings. The first-order valence-corrected chi connectivity index (χ1v) is 5.10. The smallest absolute Gasteiger partial charge is 0.0928 e. The van der Waals surface area contributed by atoms with Gasteiger partial charge in [0.15, 0.2) is 0 Å². The zero-order valence-electron chi connectivity index (χ0n) is 7.45. The molecular weight excluding hydrogens is 184 g/mol. The molecule has 0 aliphatic carbocycles. The summed E-state index contributed by atoms with van der Waals surface area (Å²) in [6.45, 7) is 1.27. The quantitative estimate of drug-likeness (QED) is 0.414. The predicted octanol–water partition coefficient (Wildman–Crippen LogP) is 1.63. The summed E-state index contributed by atoms with van der Waals surface area (Å²) in [6.07, 6.45) is 1.49.